The number of thiocarbonyl (C=S) groups is 1. The van der Waals surface area contributed by atoms with Crippen molar-refractivity contribution in [3.63, 3.8) is 0 Å². The molecule has 1 rings (SSSR count). The Hall–Kier alpha value is -1.82. The molecule has 6 heteroatoms. The fourth-order valence-electron chi connectivity index (χ4n) is 1.32. The summed E-state index contributed by atoms with van der Waals surface area (Å²) in [5.41, 5.74) is 5.51. The van der Waals surface area contributed by atoms with E-state index in [-0.39, 0.29) is 28.8 Å². The van der Waals surface area contributed by atoms with Gasteiger partial charge in [0.25, 0.3) is 5.91 Å². The third kappa shape index (κ3) is 3.32. The molecule has 0 radical (unpaired) electrons. The minimum Gasteiger partial charge on any atom is -0.507 e. The van der Waals surface area contributed by atoms with Crippen molar-refractivity contribution < 1.29 is 14.6 Å². The van der Waals surface area contributed by atoms with E-state index in [1.54, 1.807) is 13.1 Å². The molecule has 5 nitrogen and oxygen atoms in total. The Bertz CT molecular complexity index is 448. The van der Waals surface area contributed by atoms with Gasteiger partial charge in [-0.05, 0) is 18.2 Å². The average Bonchev–Trinajstić information content (AvgIpc) is 2.28. The molecule has 0 spiro atoms. The molecule has 0 saturated carbocycles. The summed E-state index contributed by atoms with van der Waals surface area (Å²) in [4.78, 5) is 13.5. The number of nitrogens with zero attached hydrogens (tertiary/aromatic N) is 1. The van der Waals surface area contributed by atoms with Crippen LogP contribution in [0, 0.1) is 0 Å². The topological polar surface area (TPSA) is 75.8 Å². The third-order valence-corrected chi connectivity index (χ3v) is 2.30. The number of carbonyl (C=O) groups is 1. The van der Waals surface area contributed by atoms with Gasteiger partial charge >= 0.3 is 0 Å². The average molecular weight is 254 g/mol. The summed E-state index contributed by atoms with van der Waals surface area (Å²) in [5, 5.41) is 9.62. The van der Waals surface area contributed by atoms with E-state index in [1.165, 1.54) is 24.1 Å². The Labute approximate surface area is 105 Å². The lowest BCUT2D eigenvalue weighted by Gasteiger charge is -2.17. The molecule has 0 aliphatic rings. The van der Waals surface area contributed by atoms with E-state index in [0.717, 1.165) is 0 Å². The highest BCUT2D eigenvalue weighted by Crippen LogP contribution is 2.23. The van der Waals surface area contributed by atoms with Gasteiger partial charge in [-0.1, -0.05) is 12.2 Å². The van der Waals surface area contributed by atoms with Gasteiger partial charge in [-0.25, -0.2) is 0 Å². The van der Waals surface area contributed by atoms with E-state index in [0.29, 0.717) is 5.75 Å². The van der Waals surface area contributed by atoms with E-state index in [1.807, 2.05) is 0 Å². The summed E-state index contributed by atoms with van der Waals surface area (Å²) in [5.74, 6) is 0.0228. The molecule has 0 fully saturated rings. The summed E-state index contributed by atoms with van der Waals surface area (Å²) < 4.78 is 4.99. The Morgan fingerprint density at radius 2 is 2.24 bits per heavy atom. The largest absolute Gasteiger partial charge is 0.507 e. The van der Waals surface area contributed by atoms with Crippen molar-refractivity contribution in [2.24, 2.45) is 5.73 Å². The Balaban J connectivity index is 2.98. The number of ether oxygens (including phenoxy) is 1. The summed E-state index contributed by atoms with van der Waals surface area (Å²) in [6.07, 6.45) is 0. The van der Waals surface area contributed by atoms with Crippen LogP contribution >= 0.6 is 12.2 Å². The molecule has 0 atom stereocenters. The van der Waals surface area contributed by atoms with E-state index < -0.39 is 0 Å². The van der Waals surface area contributed by atoms with Gasteiger partial charge in [-0.3, -0.25) is 4.79 Å². The van der Waals surface area contributed by atoms with Crippen LogP contribution in [0.25, 0.3) is 0 Å². The molecule has 17 heavy (non-hydrogen) atoms. The highest BCUT2D eigenvalue weighted by Gasteiger charge is 2.17. The van der Waals surface area contributed by atoms with Crippen molar-refractivity contribution >= 4 is 23.1 Å². The van der Waals surface area contributed by atoms with Crippen LogP contribution in [-0.2, 0) is 0 Å². The van der Waals surface area contributed by atoms with Gasteiger partial charge in [0.15, 0.2) is 0 Å². The van der Waals surface area contributed by atoms with Gasteiger partial charge < -0.3 is 20.5 Å². The van der Waals surface area contributed by atoms with Crippen molar-refractivity contribution in [1.82, 2.24) is 4.90 Å². The molecule has 1 aromatic rings. The number of benzene rings is 1. The van der Waals surface area contributed by atoms with Crippen molar-refractivity contribution in [3.8, 4) is 11.5 Å². The minimum atomic E-state index is -0.366. The van der Waals surface area contributed by atoms with Crippen molar-refractivity contribution in [2.75, 3.05) is 20.7 Å². The predicted molar refractivity (Wildman–Crippen MR) is 68.4 cm³/mol. The summed E-state index contributed by atoms with van der Waals surface area (Å²) in [6, 6.07) is 4.44. The molecule has 0 saturated heterocycles. The maximum Gasteiger partial charge on any atom is 0.257 e. The maximum atomic E-state index is 12.0. The van der Waals surface area contributed by atoms with Crippen molar-refractivity contribution in [2.45, 2.75) is 0 Å². The number of phenolic OH excluding ortho intramolecular Hbond substituents is 1. The number of hydrogen-bond donors (Lipinski definition) is 2. The second-order valence-electron chi connectivity index (χ2n) is 3.51. The van der Waals surface area contributed by atoms with Gasteiger partial charge in [-0.2, -0.15) is 0 Å². The highest BCUT2D eigenvalue weighted by atomic mass is 32.1. The Morgan fingerprint density at radius 1 is 1.59 bits per heavy atom. The maximum absolute atomic E-state index is 12.0. The first-order valence-corrected chi connectivity index (χ1v) is 5.27. The van der Waals surface area contributed by atoms with E-state index >= 15 is 0 Å². The SMILES string of the molecule is COc1ccc(O)c(C(=O)N(C)CC(N)=S)c1. The monoisotopic (exact) mass is 254 g/mol. The fourth-order valence-corrected chi connectivity index (χ4v) is 1.52. The molecular weight excluding hydrogens is 240 g/mol. The number of amides is 1. The second-order valence-corrected chi connectivity index (χ2v) is 4.03. The number of hydrogen-bond acceptors (Lipinski definition) is 4. The molecule has 3 N–H and O–H groups in total. The lowest BCUT2D eigenvalue weighted by atomic mass is 10.1. The number of nitrogens with two attached hydrogens (primary N) is 1. The lowest BCUT2D eigenvalue weighted by molar-refractivity contribution is 0.0812. The minimum absolute atomic E-state index is 0.106. The number of rotatable bonds is 4. The number of carbonyl (C=O) groups excluding carboxylic acids is 1. The Morgan fingerprint density at radius 3 is 2.76 bits per heavy atom. The number of methoxy groups -OCH3 is 1. The quantitative estimate of drug-likeness (QED) is 0.776. The summed E-state index contributed by atoms with van der Waals surface area (Å²) >= 11 is 4.72. The van der Waals surface area contributed by atoms with Crippen LogP contribution in [0.15, 0.2) is 18.2 Å². The van der Waals surface area contributed by atoms with Crippen LogP contribution in [0.3, 0.4) is 0 Å². The normalized spacial score (nSPS) is 9.76. The molecule has 1 amide bonds. The van der Waals surface area contributed by atoms with Gasteiger partial charge in [0.2, 0.25) is 0 Å². The van der Waals surface area contributed by atoms with Gasteiger partial charge in [0.05, 0.1) is 24.2 Å². The van der Waals surface area contributed by atoms with Crippen LogP contribution in [0.5, 0.6) is 11.5 Å². The van der Waals surface area contributed by atoms with Crippen molar-refractivity contribution in [3.05, 3.63) is 23.8 Å². The molecule has 1 aromatic carbocycles. The molecular formula is C11H14N2O3S. The zero-order valence-corrected chi connectivity index (χ0v) is 10.5. The van der Waals surface area contributed by atoms with Crippen LogP contribution < -0.4 is 10.5 Å². The van der Waals surface area contributed by atoms with Crippen LogP contribution in [0.4, 0.5) is 0 Å². The highest BCUT2D eigenvalue weighted by molar-refractivity contribution is 7.80. The Kier molecular flexibility index (Phi) is 4.28. The first kappa shape index (κ1) is 13.2. The van der Waals surface area contributed by atoms with E-state index in [4.69, 9.17) is 22.7 Å². The van der Waals surface area contributed by atoms with Gasteiger partial charge in [0.1, 0.15) is 11.5 Å². The molecule has 0 heterocycles. The zero-order valence-electron chi connectivity index (χ0n) is 9.64. The molecule has 0 unspecified atom stereocenters. The predicted octanol–water partition coefficient (Wildman–Crippen LogP) is 0.759. The van der Waals surface area contributed by atoms with E-state index in [9.17, 15) is 9.90 Å². The first-order valence-electron chi connectivity index (χ1n) is 4.86. The molecule has 92 valence electrons. The van der Waals surface area contributed by atoms with Crippen LogP contribution in [0.1, 0.15) is 10.4 Å². The summed E-state index contributed by atoms with van der Waals surface area (Å²) in [6.45, 7) is 0.158. The van der Waals surface area contributed by atoms with Crippen molar-refractivity contribution in [1.29, 1.82) is 0 Å². The number of phenols is 1. The van der Waals surface area contributed by atoms with Crippen LogP contribution in [-0.4, -0.2) is 41.6 Å². The molecule has 0 aliphatic carbocycles. The first-order chi connectivity index (χ1) is 7.95. The van der Waals surface area contributed by atoms with Crippen LogP contribution in [0.2, 0.25) is 0 Å². The lowest BCUT2D eigenvalue weighted by Crippen LogP contribution is -2.34. The standard InChI is InChI=1S/C11H14N2O3S/c1-13(6-10(12)17)11(15)8-5-7(16-2)3-4-9(8)14/h3-5,14H,6H2,1-2H3,(H2,12,17). The molecule has 0 aromatic heterocycles. The number of likely N-dealkylation sites (N-methyl/N-ethyl adjacent to an activating group) is 1. The van der Waals surface area contributed by atoms with Gasteiger partial charge in [0, 0.05) is 7.05 Å². The summed E-state index contributed by atoms with van der Waals surface area (Å²) in [7, 11) is 3.04. The van der Waals surface area contributed by atoms with Gasteiger partial charge in [-0.15, -0.1) is 0 Å². The molecule has 0 aliphatic heterocycles. The fraction of sp³-hybridized carbons (Fsp3) is 0.273. The third-order valence-electron chi connectivity index (χ3n) is 2.17. The number of aromatic hydroxyl groups is 1. The zero-order chi connectivity index (χ0) is 13.0. The second kappa shape index (κ2) is 5.49. The molecule has 0 bridgehead atoms. The smallest absolute Gasteiger partial charge is 0.257 e. The van der Waals surface area contributed by atoms with E-state index in [2.05, 4.69) is 0 Å².